The zero-order chi connectivity index (χ0) is 8.97. The molecule has 5 nitrogen and oxygen atoms in total. The molecular weight excluding hydrogens is 178 g/mol. The third-order valence-electron chi connectivity index (χ3n) is 1.20. The number of thiophene rings is 1. The van der Waals surface area contributed by atoms with Crippen LogP contribution in [0, 0.1) is 0 Å². The van der Waals surface area contributed by atoms with E-state index in [1.165, 1.54) is 11.3 Å². The lowest BCUT2D eigenvalue weighted by molar-refractivity contribution is -0.114. The van der Waals surface area contributed by atoms with Crippen LogP contribution < -0.4 is 11.3 Å². The van der Waals surface area contributed by atoms with Gasteiger partial charge in [0.15, 0.2) is 5.71 Å². The van der Waals surface area contributed by atoms with Crippen LogP contribution in [0.3, 0.4) is 0 Å². The minimum atomic E-state index is -0.611. The van der Waals surface area contributed by atoms with Gasteiger partial charge in [0.1, 0.15) is 0 Å². The summed E-state index contributed by atoms with van der Waals surface area (Å²) in [7, 11) is 0. The second-order valence-electron chi connectivity index (χ2n) is 1.90. The third-order valence-corrected chi connectivity index (χ3v) is 2.08. The summed E-state index contributed by atoms with van der Waals surface area (Å²) in [5.74, 6) is 4.26. The van der Waals surface area contributed by atoms with Crippen molar-refractivity contribution in [3.8, 4) is 0 Å². The molecule has 4 N–H and O–H groups in total. The predicted octanol–water partition coefficient (Wildman–Crippen LogP) is -0.0837. The number of carbonyl (C=O) groups is 1. The molecule has 12 heavy (non-hydrogen) atoms. The molecule has 0 saturated carbocycles. The van der Waals surface area contributed by atoms with E-state index in [0.717, 1.165) is 0 Å². The van der Waals surface area contributed by atoms with Gasteiger partial charge >= 0.3 is 0 Å². The topological polar surface area (TPSA) is 87.7 Å². The molecule has 1 aromatic rings. The lowest BCUT2D eigenvalue weighted by Gasteiger charge is -1.97. The van der Waals surface area contributed by atoms with E-state index in [-0.39, 0.29) is 5.71 Å². The van der Waals surface area contributed by atoms with Crippen LogP contribution in [0.15, 0.2) is 22.7 Å². The molecule has 6 heteroatoms. The second kappa shape index (κ2) is 3.84. The molecule has 0 radical (unpaired) electrons. The molecule has 64 valence electrons. The molecular formula is C6H7N3O2S. The van der Waals surface area contributed by atoms with E-state index >= 15 is 0 Å². The SMILES string of the molecule is NNC(=O)/C(=N/O)c1cccs1. The monoisotopic (exact) mass is 185 g/mol. The molecule has 0 aliphatic rings. The van der Waals surface area contributed by atoms with Gasteiger partial charge in [0.25, 0.3) is 5.91 Å². The quantitative estimate of drug-likeness (QED) is 0.198. The molecule has 1 heterocycles. The van der Waals surface area contributed by atoms with Crippen LogP contribution in [-0.4, -0.2) is 16.8 Å². The first-order chi connectivity index (χ1) is 5.79. The molecule has 0 atom stereocenters. The van der Waals surface area contributed by atoms with Crippen molar-refractivity contribution in [2.24, 2.45) is 11.0 Å². The van der Waals surface area contributed by atoms with Crippen LogP contribution in [0.4, 0.5) is 0 Å². The van der Waals surface area contributed by atoms with Crippen LogP contribution in [-0.2, 0) is 4.79 Å². The normalized spacial score (nSPS) is 11.2. The van der Waals surface area contributed by atoms with E-state index < -0.39 is 5.91 Å². The fraction of sp³-hybridized carbons (Fsp3) is 0. The summed E-state index contributed by atoms with van der Waals surface area (Å²) in [4.78, 5) is 11.5. The Labute approximate surface area is 72.5 Å². The summed E-state index contributed by atoms with van der Waals surface area (Å²) in [5.41, 5.74) is 1.80. The molecule has 0 fully saturated rings. The number of nitrogens with two attached hydrogens (primary N) is 1. The zero-order valence-electron chi connectivity index (χ0n) is 6.02. The molecule has 0 saturated heterocycles. The number of nitrogens with zero attached hydrogens (tertiary/aromatic N) is 1. The van der Waals surface area contributed by atoms with Crippen molar-refractivity contribution < 1.29 is 10.0 Å². The average Bonchev–Trinajstić information content (AvgIpc) is 2.58. The number of amides is 1. The molecule has 0 aromatic carbocycles. The van der Waals surface area contributed by atoms with E-state index in [4.69, 9.17) is 11.0 Å². The van der Waals surface area contributed by atoms with E-state index in [0.29, 0.717) is 4.88 Å². The first kappa shape index (κ1) is 8.69. The average molecular weight is 185 g/mol. The summed E-state index contributed by atoms with van der Waals surface area (Å²) in [6, 6.07) is 3.41. The highest BCUT2D eigenvalue weighted by molar-refractivity contribution is 7.13. The Kier molecular flexibility index (Phi) is 2.78. The van der Waals surface area contributed by atoms with Crippen LogP contribution in [0.2, 0.25) is 0 Å². The number of hydrogen-bond donors (Lipinski definition) is 3. The Morgan fingerprint density at radius 3 is 2.92 bits per heavy atom. The van der Waals surface area contributed by atoms with Crippen LogP contribution in [0.1, 0.15) is 4.88 Å². The summed E-state index contributed by atoms with van der Waals surface area (Å²) in [5, 5.41) is 13.1. The van der Waals surface area contributed by atoms with Gasteiger partial charge in [-0.25, -0.2) is 5.84 Å². The maximum Gasteiger partial charge on any atom is 0.288 e. The van der Waals surface area contributed by atoms with Crippen molar-refractivity contribution in [2.45, 2.75) is 0 Å². The Morgan fingerprint density at radius 1 is 1.75 bits per heavy atom. The van der Waals surface area contributed by atoms with Gasteiger partial charge in [-0.15, -0.1) is 11.3 Å². The number of nitrogens with one attached hydrogen (secondary N) is 1. The molecule has 0 spiro atoms. The van der Waals surface area contributed by atoms with Gasteiger partial charge in [0, 0.05) is 0 Å². The van der Waals surface area contributed by atoms with Crippen molar-refractivity contribution >= 4 is 23.0 Å². The van der Waals surface area contributed by atoms with Crippen molar-refractivity contribution in [3.63, 3.8) is 0 Å². The molecule has 1 aromatic heterocycles. The highest BCUT2D eigenvalue weighted by Gasteiger charge is 2.13. The lowest BCUT2D eigenvalue weighted by Crippen LogP contribution is -2.36. The molecule has 0 unspecified atom stereocenters. The number of oxime groups is 1. The Balaban J connectivity index is 2.93. The molecule has 1 amide bonds. The van der Waals surface area contributed by atoms with Crippen molar-refractivity contribution in [1.29, 1.82) is 0 Å². The fourth-order valence-corrected chi connectivity index (χ4v) is 1.39. The van der Waals surface area contributed by atoms with Gasteiger partial charge in [-0.3, -0.25) is 10.2 Å². The molecule has 0 bridgehead atoms. The van der Waals surface area contributed by atoms with Crippen molar-refractivity contribution in [3.05, 3.63) is 22.4 Å². The number of hydrogen-bond acceptors (Lipinski definition) is 5. The van der Waals surface area contributed by atoms with E-state index in [2.05, 4.69) is 5.16 Å². The van der Waals surface area contributed by atoms with Crippen LogP contribution in [0.5, 0.6) is 0 Å². The molecule has 0 aliphatic heterocycles. The van der Waals surface area contributed by atoms with Gasteiger partial charge in [0.2, 0.25) is 0 Å². The van der Waals surface area contributed by atoms with E-state index in [1.807, 2.05) is 5.43 Å². The second-order valence-corrected chi connectivity index (χ2v) is 2.85. The fourth-order valence-electron chi connectivity index (χ4n) is 0.688. The Hall–Kier alpha value is -1.40. The summed E-state index contributed by atoms with van der Waals surface area (Å²) in [6.07, 6.45) is 0. The summed E-state index contributed by atoms with van der Waals surface area (Å²) in [6.45, 7) is 0. The van der Waals surface area contributed by atoms with Gasteiger partial charge in [0.05, 0.1) is 4.88 Å². The summed E-state index contributed by atoms with van der Waals surface area (Å²) < 4.78 is 0. The van der Waals surface area contributed by atoms with Gasteiger partial charge in [-0.05, 0) is 11.4 Å². The van der Waals surface area contributed by atoms with Gasteiger partial charge in [-0.2, -0.15) is 0 Å². The smallest absolute Gasteiger partial charge is 0.288 e. The highest BCUT2D eigenvalue weighted by Crippen LogP contribution is 2.09. The maximum atomic E-state index is 10.9. The Morgan fingerprint density at radius 2 is 2.50 bits per heavy atom. The Bertz CT molecular complexity index is 294. The number of hydrazine groups is 1. The molecule has 1 rings (SSSR count). The van der Waals surface area contributed by atoms with E-state index in [9.17, 15) is 4.79 Å². The van der Waals surface area contributed by atoms with E-state index in [1.54, 1.807) is 17.5 Å². The number of rotatable bonds is 2. The standard InChI is InChI=1S/C6H7N3O2S/c7-8-6(10)5(9-11)4-2-1-3-12-4/h1-3,11H,7H2,(H,8,10)/b9-5+. The zero-order valence-corrected chi connectivity index (χ0v) is 6.84. The van der Waals surface area contributed by atoms with Crippen molar-refractivity contribution in [1.82, 2.24) is 5.43 Å². The van der Waals surface area contributed by atoms with Gasteiger partial charge in [-0.1, -0.05) is 11.2 Å². The minimum absolute atomic E-state index is 0.0764. The first-order valence-corrected chi connectivity index (χ1v) is 3.94. The van der Waals surface area contributed by atoms with Crippen LogP contribution >= 0.6 is 11.3 Å². The maximum absolute atomic E-state index is 10.9. The van der Waals surface area contributed by atoms with Crippen LogP contribution in [0.25, 0.3) is 0 Å². The minimum Gasteiger partial charge on any atom is -0.410 e. The largest absolute Gasteiger partial charge is 0.410 e. The first-order valence-electron chi connectivity index (χ1n) is 3.06. The predicted molar refractivity (Wildman–Crippen MR) is 45.0 cm³/mol. The third kappa shape index (κ3) is 1.60. The van der Waals surface area contributed by atoms with Gasteiger partial charge < -0.3 is 5.21 Å². The molecule has 0 aliphatic carbocycles. The van der Waals surface area contributed by atoms with Crippen molar-refractivity contribution in [2.75, 3.05) is 0 Å². The summed E-state index contributed by atoms with van der Waals surface area (Å²) >= 11 is 1.29. The lowest BCUT2D eigenvalue weighted by atomic mass is 10.3. The highest BCUT2D eigenvalue weighted by atomic mass is 32.1. The number of carbonyl (C=O) groups excluding carboxylic acids is 1.